The number of imidazole rings is 1. The first-order valence-corrected chi connectivity index (χ1v) is 14.1. The number of fused-ring (bicyclic) bond motifs is 1. The van der Waals surface area contributed by atoms with E-state index in [9.17, 15) is 14.0 Å². The number of hydrogen-bond acceptors (Lipinski definition) is 5. The van der Waals surface area contributed by atoms with Crippen molar-refractivity contribution in [3.8, 4) is 5.69 Å². The highest BCUT2D eigenvalue weighted by Crippen LogP contribution is 2.30. The van der Waals surface area contributed by atoms with Gasteiger partial charge < -0.3 is 10.6 Å². The summed E-state index contributed by atoms with van der Waals surface area (Å²) in [6, 6.07) is 16.9. The zero-order chi connectivity index (χ0) is 29.0. The summed E-state index contributed by atoms with van der Waals surface area (Å²) in [6.45, 7) is 12.7. The van der Waals surface area contributed by atoms with Gasteiger partial charge in [0.15, 0.2) is 0 Å². The van der Waals surface area contributed by atoms with Crippen molar-refractivity contribution in [1.82, 2.24) is 14.9 Å². The second kappa shape index (κ2) is 12.1. The summed E-state index contributed by atoms with van der Waals surface area (Å²) in [5.74, 6) is -0.277. The molecular formula is C31H36FN5O2S. The molecule has 4 aromatic rings. The molecule has 7 nitrogen and oxygen atoms in total. The molecule has 1 unspecified atom stereocenters. The van der Waals surface area contributed by atoms with Gasteiger partial charge in [-0.2, -0.15) is 0 Å². The number of nitrogens with zero attached hydrogens (tertiary/aromatic N) is 2. The molecule has 4 rings (SSSR count). The molecule has 2 aromatic heterocycles. The number of allylic oxidation sites excluding steroid dienone is 1. The van der Waals surface area contributed by atoms with Crippen LogP contribution in [0, 0.1) is 5.41 Å². The first-order chi connectivity index (χ1) is 19.0. The highest BCUT2D eigenvalue weighted by molar-refractivity contribution is 7.14. The van der Waals surface area contributed by atoms with Crippen LogP contribution in [0.5, 0.6) is 0 Å². The third-order valence-electron chi connectivity index (χ3n) is 6.79. The van der Waals surface area contributed by atoms with Crippen molar-refractivity contribution in [3.05, 3.63) is 82.1 Å². The molecule has 0 aliphatic carbocycles. The maximum absolute atomic E-state index is 13.8. The van der Waals surface area contributed by atoms with Gasteiger partial charge in [-0.15, -0.1) is 11.3 Å². The Morgan fingerprint density at radius 2 is 1.85 bits per heavy atom. The first-order valence-electron chi connectivity index (χ1n) is 13.3. The van der Waals surface area contributed by atoms with Crippen molar-refractivity contribution < 1.29 is 14.0 Å². The van der Waals surface area contributed by atoms with Crippen molar-refractivity contribution in [2.24, 2.45) is 5.41 Å². The van der Waals surface area contributed by atoms with Gasteiger partial charge in [-0.1, -0.05) is 39.0 Å². The van der Waals surface area contributed by atoms with Gasteiger partial charge in [-0.05, 0) is 80.3 Å². The quantitative estimate of drug-likeness (QED) is 0.186. The normalized spacial score (nSPS) is 13.5. The van der Waals surface area contributed by atoms with E-state index in [1.807, 2.05) is 41.0 Å². The van der Waals surface area contributed by atoms with Crippen LogP contribution in [0.3, 0.4) is 0 Å². The SMILES string of the molecule is C/C=C/C(=O)Nc1cccc(-n2c(NC(=O)c3ccc(C(C)F)s3)nc3cc(CN[C@@H](C)C(C)(C)C)ccc32)c1. The van der Waals surface area contributed by atoms with Crippen LogP contribution in [0.2, 0.25) is 0 Å². The molecule has 2 atom stereocenters. The maximum atomic E-state index is 13.8. The summed E-state index contributed by atoms with van der Waals surface area (Å²) < 4.78 is 15.6. The van der Waals surface area contributed by atoms with Crippen LogP contribution in [0.15, 0.2) is 66.7 Å². The monoisotopic (exact) mass is 561 g/mol. The maximum Gasteiger partial charge on any atom is 0.268 e. The van der Waals surface area contributed by atoms with E-state index in [2.05, 4.69) is 43.6 Å². The summed E-state index contributed by atoms with van der Waals surface area (Å²) in [4.78, 5) is 31.0. The fourth-order valence-corrected chi connectivity index (χ4v) is 4.90. The number of alkyl halides is 1. The summed E-state index contributed by atoms with van der Waals surface area (Å²) in [6.07, 6.45) is 1.98. The van der Waals surface area contributed by atoms with Gasteiger partial charge in [0.05, 0.1) is 21.6 Å². The Bertz CT molecular complexity index is 1550. The molecule has 9 heteroatoms. The molecule has 0 saturated heterocycles. The highest BCUT2D eigenvalue weighted by atomic mass is 32.1. The molecule has 0 saturated carbocycles. The lowest BCUT2D eigenvalue weighted by Crippen LogP contribution is -2.37. The molecule has 0 fully saturated rings. The molecule has 2 aromatic carbocycles. The zero-order valence-electron chi connectivity index (χ0n) is 23.7. The second-order valence-electron chi connectivity index (χ2n) is 10.9. The van der Waals surface area contributed by atoms with Gasteiger partial charge in [0.25, 0.3) is 5.91 Å². The lowest BCUT2D eigenvalue weighted by molar-refractivity contribution is -0.111. The molecule has 2 heterocycles. The molecule has 210 valence electrons. The Morgan fingerprint density at radius 3 is 2.52 bits per heavy atom. The van der Waals surface area contributed by atoms with E-state index >= 15 is 0 Å². The van der Waals surface area contributed by atoms with Gasteiger partial charge >= 0.3 is 0 Å². The average Bonchev–Trinajstić information content (AvgIpc) is 3.52. The molecule has 0 aliphatic heterocycles. The minimum absolute atomic E-state index is 0.123. The number of rotatable bonds is 9. The van der Waals surface area contributed by atoms with Crippen LogP contribution in [-0.4, -0.2) is 27.4 Å². The predicted octanol–water partition coefficient (Wildman–Crippen LogP) is 7.41. The van der Waals surface area contributed by atoms with Gasteiger partial charge in [-0.25, -0.2) is 9.37 Å². The number of benzene rings is 2. The van der Waals surface area contributed by atoms with E-state index < -0.39 is 6.17 Å². The molecule has 0 radical (unpaired) electrons. The summed E-state index contributed by atoms with van der Waals surface area (Å²) in [7, 11) is 0. The molecule has 0 bridgehead atoms. The number of halogens is 1. The molecule has 3 N–H and O–H groups in total. The Kier molecular flexibility index (Phi) is 8.85. The number of hydrogen-bond donors (Lipinski definition) is 3. The third-order valence-corrected chi connectivity index (χ3v) is 8.03. The fourth-order valence-electron chi connectivity index (χ4n) is 4.07. The minimum atomic E-state index is -1.15. The second-order valence-corrected chi connectivity index (χ2v) is 12.0. The first kappa shape index (κ1) is 29.2. The fraction of sp³-hybridized carbons (Fsp3) is 0.323. The van der Waals surface area contributed by atoms with Gasteiger partial charge in [0.1, 0.15) is 6.17 Å². The minimum Gasteiger partial charge on any atom is -0.322 e. The number of carbonyl (C=O) groups excluding carboxylic acids is 2. The van der Waals surface area contributed by atoms with Gasteiger partial charge in [0.2, 0.25) is 11.9 Å². The molecule has 40 heavy (non-hydrogen) atoms. The average molecular weight is 562 g/mol. The Morgan fingerprint density at radius 1 is 1.07 bits per heavy atom. The van der Waals surface area contributed by atoms with E-state index in [0.717, 1.165) is 22.4 Å². The number of amides is 2. The highest BCUT2D eigenvalue weighted by Gasteiger charge is 2.21. The summed E-state index contributed by atoms with van der Waals surface area (Å²) in [5, 5.41) is 9.35. The lowest BCUT2D eigenvalue weighted by Gasteiger charge is -2.28. The number of aromatic nitrogens is 2. The van der Waals surface area contributed by atoms with E-state index in [-0.39, 0.29) is 17.2 Å². The zero-order valence-corrected chi connectivity index (χ0v) is 24.5. The standard InChI is InChI=1S/C31H36FN5O2S/c1-7-9-28(38)34-22-10-8-11-23(17-22)37-25-13-12-21(18-33-20(3)31(4,5)6)16-24(25)35-30(37)36-29(39)27-15-14-26(40-27)19(2)32/h7-17,19-20,33H,18H2,1-6H3,(H,34,38)(H,35,36,39)/b9-7+/t19?,20-/m0/s1. The smallest absolute Gasteiger partial charge is 0.268 e. The van der Waals surface area contributed by atoms with Crippen molar-refractivity contribution in [1.29, 1.82) is 0 Å². The topological polar surface area (TPSA) is 88.1 Å². The van der Waals surface area contributed by atoms with Crippen LogP contribution >= 0.6 is 11.3 Å². The van der Waals surface area contributed by atoms with E-state index in [1.165, 1.54) is 13.0 Å². The van der Waals surface area contributed by atoms with Crippen molar-refractivity contribution in [2.75, 3.05) is 10.6 Å². The number of carbonyl (C=O) groups is 2. The number of thiophene rings is 1. The third kappa shape index (κ3) is 6.84. The lowest BCUT2D eigenvalue weighted by atomic mass is 9.88. The van der Waals surface area contributed by atoms with Crippen molar-refractivity contribution >= 4 is 45.8 Å². The van der Waals surface area contributed by atoms with Crippen LogP contribution < -0.4 is 16.0 Å². The largest absolute Gasteiger partial charge is 0.322 e. The Balaban J connectivity index is 1.73. The summed E-state index contributed by atoms with van der Waals surface area (Å²) >= 11 is 1.12. The van der Waals surface area contributed by atoms with Crippen LogP contribution in [0.25, 0.3) is 16.7 Å². The molecular weight excluding hydrogens is 525 g/mol. The van der Waals surface area contributed by atoms with Crippen molar-refractivity contribution in [3.63, 3.8) is 0 Å². The van der Waals surface area contributed by atoms with E-state index in [4.69, 9.17) is 4.98 Å². The van der Waals surface area contributed by atoms with E-state index in [1.54, 1.807) is 31.2 Å². The Hall–Kier alpha value is -3.82. The van der Waals surface area contributed by atoms with Crippen molar-refractivity contribution in [2.45, 2.75) is 60.3 Å². The molecule has 0 aliphatic rings. The Labute approximate surface area is 238 Å². The van der Waals surface area contributed by atoms with Crippen LogP contribution in [0.1, 0.15) is 67.8 Å². The van der Waals surface area contributed by atoms with E-state index in [0.29, 0.717) is 45.2 Å². The van der Waals surface area contributed by atoms with Gasteiger partial charge in [0, 0.05) is 23.2 Å². The number of nitrogens with one attached hydrogen (secondary N) is 3. The number of anilines is 2. The van der Waals surface area contributed by atoms with Crippen LogP contribution in [-0.2, 0) is 11.3 Å². The summed E-state index contributed by atoms with van der Waals surface area (Å²) in [5.41, 5.74) is 4.02. The molecule has 0 spiro atoms. The van der Waals surface area contributed by atoms with Crippen LogP contribution in [0.4, 0.5) is 16.0 Å². The molecule has 2 amide bonds. The predicted molar refractivity (Wildman–Crippen MR) is 162 cm³/mol. The van der Waals surface area contributed by atoms with Gasteiger partial charge in [-0.3, -0.25) is 19.5 Å².